The fourth-order valence-corrected chi connectivity index (χ4v) is 2.84. The van der Waals surface area contributed by atoms with Crippen molar-refractivity contribution >= 4 is 39.1 Å². The second-order valence-electron chi connectivity index (χ2n) is 6.07. The van der Waals surface area contributed by atoms with Gasteiger partial charge in [-0.15, -0.1) is 0 Å². The molecule has 0 bridgehead atoms. The number of ether oxygens (including phenoxy) is 1. The third kappa shape index (κ3) is 6.92. The molecule has 0 aliphatic rings. The Morgan fingerprint density at radius 3 is 2.25 bits per heavy atom. The molecule has 0 atom stereocenters. The average Bonchev–Trinajstić information content (AvgIpc) is 2.62. The molecule has 0 fully saturated rings. The van der Waals surface area contributed by atoms with E-state index in [0.29, 0.717) is 23.7 Å². The van der Waals surface area contributed by atoms with Crippen molar-refractivity contribution in [3.8, 4) is 0 Å². The van der Waals surface area contributed by atoms with Gasteiger partial charge in [-0.05, 0) is 42.8 Å². The Bertz CT molecular complexity index is 927. The first kappa shape index (κ1) is 21.2. The van der Waals surface area contributed by atoms with Crippen LogP contribution in [0.5, 0.6) is 0 Å². The molecule has 9 heteroatoms. The second kappa shape index (κ2) is 9.75. The van der Waals surface area contributed by atoms with Crippen molar-refractivity contribution in [2.24, 2.45) is 0 Å². The SMILES string of the molecule is CCCCOC(=O)c1ccccc1NC(=O)Nc1ccc(NS(C)(=O)=O)cc1. The Hall–Kier alpha value is -3.07. The van der Waals surface area contributed by atoms with Crippen molar-refractivity contribution in [3.05, 3.63) is 54.1 Å². The summed E-state index contributed by atoms with van der Waals surface area (Å²) in [5, 5.41) is 5.24. The van der Waals surface area contributed by atoms with Crippen molar-refractivity contribution < 1.29 is 22.7 Å². The number of rotatable bonds is 8. The minimum atomic E-state index is -3.37. The monoisotopic (exact) mass is 405 g/mol. The van der Waals surface area contributed by atoms with Crippen LogP contribution in [-0.4, -0.2) is 33.3 Å². The Morgan fingerprint density at radius 2 is 1.61 bits per heavy atom. The number of esters is 1. The largest absolute Gasteiger partial charge is 0.462 e. The standard InChI is InChI=1S/C19H23N3O5S/c1-3-4-13-27-18(23)16-7-5-6-8-17(16)21-19(24)20-14-9-11-15(12-10-14)22-28(2,25)26/h5-12,22H,3-4,13H2,1-2H3,(H2,20,21,24). The predicted molar refractivity (Wildman–Crippen MR) is 109 cm³/mol. The number of carbonyl (C=O) groups excluding carboxylic acids is 2. The average molecular weight is 405 g/mol. The molecule has 2 rings (SSSR count). The molecular weight excluding hydrogens is 382 g/mol. The van der Waals surface area contributed by atoms with Crippen LogP contribution >= 0.6 is 0 Å². The van der Waals surface area contributed by atoms with Gasteiger partial charge in [0, 0.05) is 11.4 Å². The molecule has 28 heavy (non-hydrogen) atoms. The summed E-state index contributed by atoms with van der Waals surface area (Å²) in [6.07, 6.45) is 2.73. The van der Waals surface area contributed by atoms with E-state index >= 15 is 0 Å². The van der Waals surface area contributed by atoms with Crippen molar-refractivity contribution in [2.75, 3.05) is 28.2 Å². The number of hydrogen-bond acceptors (Lipinski definition) is 5. The van der Waals surface area contributed by atoms with Crippen molar-refractivity contribution in [1.82, 2.24) is 0 Å². The molecule has 2 amide bonds. The summed E-state index contributed by atoms with van der Waals surface area (Å²) in [7, 11) is -3.37. The highest BCUT2D eigenvalue weighted by molar-refractivity contribution is 7.92. The van der Waals surface area contributed by atoms with E-state index < -0.39 is 22.0 Å². The summed E-state index contributed by atoms with van der Waals surface area (Å²) in [6, 6.07) is 12.2. The molecule has 0 aromatic heterocycles. The van der Waals surface area contributed by atoms with Gasteiger partial charge in [-0.2, -0.15) is 0 Å². The van der Waals surface area contributed by atoms with Crippen LogP contribution in [0.15, 0.2) is 48.5 Å². The van der Waals surface area contributed by atoms with Gasteiger partial charge >= 0.3 is 12.0 Å². The molecule has 0 saturated heterocycles. The summed E-state index contributed by atoms with van der Waals surface area (Å²) >= 11 is 0. The molecule has 0 aliphatic carbocycles. The molecule has 8 nitrogen and oxygen atoms in total. The number of amides is 2. The number of urea groups is 1. The van der Waals surface area contributed by atoms with Gasteiger partial charge in [0.05, 0.1) is 24.1 Å². The highest BCUT2D eigenvalue weighted by Crippen LogP contribution is 2.18. The molecule has 0 saturated carbocycles. The lowest BCUT2D eigenvalue weighted by atomic mass is 10.2. The fourth-order valence-electron chi connectivity index (χ4n) is 2.28. The van der Waals surface area contributed by atoms with E-state index in [1.54, 1.807) is 36.4 Å². The van der Waals surface area contributed by atoms with Gasteiger partial charge in [-0.25, -0.2) is 18.0 Å². The lowest BCUT2D eigenvalue weighted by Crippen LogP contribution is -2.21. The number of para-hydroxylation sites is 1. The first-order valence-corrected chi connectivity index (χ1v) is 10.6. The van der Waals surface area contributed by atoms with Gasteiger partial charge < -0.3 is 15.4 Å². The quantitative estimate of drug-likeness (QED) is 0.458. The van der Waals surface area contributed by atoms with Crippen LogP contribution in [0.3, 0.4) is 0 Å². The molecule has 0 heterocycles. The molecule has 0 aliphatic heterocycles. The molecule has 150 valence electrons. The van der Waals surface area contributed by atoms with Crippen LogP contribution < -0.4 is 15.4 Å². The van der Waals surface area contributed by atoms with Gasteiger partial charge in [-0.3, -0.25) is 4.72 Å². The summed E-state index contributed by atoms with van der Waals surface area (Å²) < 4.78 is 29.9. The minimum absolute atomic E-state index is 0.265. The zero-order valence-electron chi connectivity index (χ0n) is 15.7. The number of nitrogens with one attached hydrogen (secondary N) is 3. The Balaban J connectivity index is 2.00. The number of sulfonamides is 1. The number of hydrogen-bond donors (Lipinski definition) is 3. The molecule has 3 N–H and O–H groups in total. The number of carbonyl (C=O) groups is 2. The zero-order chi connectivity index (χ0) is 20.6. The third-order valence-corrected chi connectivity index (χ3v) is 4.18. The first-order chi connectivity index (χ1) is 13.3. The van der Waals surface area contributed by atoms with Crippen LogP contribution in [0.25, 0.3) is 0 Å². The van der Waals surface area contributed by atoms with Gasteiger partial charge in [0.1, 0.15) is 0 Å². The van der Waals surface area contributed by atoms with E-state index in [9.17, 15) is 18.0 Å². The normalized spacial score (nSPS) is 10.8. The summed E-state index contributed by atoms with van der Waals surface area (Å²) in [5.74, 6) is -0.499. The fraction of sp³-hybridized carbons (Fsp3) is 0.263. The maximum absolute atomic E-state index is 12.2. The Kier molecular flexibility index (Phi) is 7.39. The van der Waals surface area contributed by atoms with E-state index in [-0.39, 0.29) is 5.56 Å². The van der Waals surface area contributed by atoms with E-state index in [0.717, 1.165) is 19.1 Å². The minimum Gasteiger partial charge on any atom is -0.462 e. The van der Waals surface area contributed by atoms with Crippen LogP contribution in [0.1, 0.15) is 30.1 Å². The molecule has 0 spiro atoms. The van der Waals surface area contributed by atoms with E-state index in [1.807, 2.05) is 6.92 Å². The number of unbranched alkanes of at least 4 members (excludes halogenated alkanes) is 1. The Labute approximate surface area is 164 Å². The summed E-state index contributed by atoms with van der Waals surface area (Å²) in [4.78, 5) is 24.4. The van der Waals surface area contributed by atoms with Gasteiger partial charge in [-0.1, -0.05) is 25.5 Å². The predicted octanol–water partition coefficient (Wildman–Crippen LogP) is 3.66. The molecule has 2 aromatic rings. The first-order valence-electron chi connectivity index (χ1n) is 8.70. The summed E-state index contributed by atoms with van der Waals surface area (Å²) in [5.41, 5.74) is 1.44. The van der Waals surface area contributed by atoms with Gasteiger partial charge in [0.15, 0.2) is 0 Å². The van der Waals surface area contributed by atoms with E-state index in [2.05, 4.69) is 15.4 Å². The zero-order valence-corrected chi connectivity index (χ0v) is 16.5. The third-order valence-electron chi connectivity index (χ3n) is 3.57. The van der Waals surface area contributed by atoms with Crippen LogP contribution in [0.2, 0.25) is 0 Å². The second-order valence-corrected chi connectivity index (χ2v) is 7.81. The highest BCUT2D eigenvalue weighted by Gasteiger charge is 2.14. The number of benzene rings is 2. The van der Waals surface area contributed by atoms with Crippen molar-refractivity contribution in [3.63, 3.8) is 0 Å². The van der Waals surface area contributed by atoms with Gasteiger partial charge in [0.25, 0.3) is 0 Å². The Morgan fingerprint density at radius 1 is 0.964 bits per heavy atom. The molecule has 0 radical (unpaired) electrons. The lowest BCUT2D eigenvalue weighted by Gasteiger charge is -2.12. The lowest BCUT2D eigenvalue weighted by molar-refractivity contribution is 0.0501. The molecular formula is C19H23N3O5S. The van der Waals surface area contributed by atoms with Crippen molar-refractivity contribution in [1.29, 1.82) is 0 Å². The molecule has 0 unspecified atom stereocenters. The van der Waals surface area contributed by atoms with E-state index in [4.69, 9.17) is 4.74 Å². The topological polar surface area (TPSA) is 114 Å². The van der Waals surface area contributed by atoms with Crippen LogP contribution in [-0.2, 0) is 14.8 Å². The summed E-state index contributed by atoms with van der Waals surface area (Å²) in [6.45, 7) is 2.32. The van der Waals surface area contributed by atoms with Crippen LogP contribution in [0, 0.1) is 0 Å². The maximum atomic E-state index is 12.2. The van der Waals surface area contributed by atoms with Gasteiger partial charge in [0.2, 0.25) is 10.0 Å². The van der Waals surface area contributed by atoms with E-state index in [1.165, 1.54) is 12.1 Å². The smallest absolute Gasteiger partial charge is 0.340 e. The molecule has 2 aromatic carbocycles. The maximum Gasteiger partial charge on any atom is 0.340 e. The van der Waals surface area contributed by atoms with Crippen LogP contribution in [0.4, 0.5) is 21.9 Å². The van der Waals surface area contributed by atoms with Crippen molar-refractivity contribution in [2.45, 2.75) is 19.8 Å². The highest BCUT2D eigenvalue weighted by atomic mass is 32.2. The number of anilines is 3.